The topological polar surface area (TPSA) is 30.5 Å². The number of hydrogen-bond donors (Lipinski definition) is 1. The molecule has 11 heavy (non-hydrogen) atoms. The van der Waals surface area contributed by atoms with Crippen molar-refractivity contribution < 1.29 is 9.47 Å². The van der Waals surface area contributed by atoms with Crippen molar-refractivity contribution in [3.8, 4) is 0 Å². The molecule has 0 aromatic carbocycles. The first-order valence-corrected chi connectivity index (χ1v) is 4.18. The second-order valence-electron chi connectivity index (χ2n) is 2.92. The Morgan fingerprint density at radius 3 is 3.00 bits per heavy atom. The Labute approximate surface area is 68.1 Å². The van der Waals surface area contributed by atoms with Crippen molar-refractivity contribution in [2.24, 2.45) is 0 Å². The van der Waals surface area contributed by atoms with Gasteiger partial charge in [0.15, 0.2) is 0 Å². The fourth-order valence-electron chi connectivity index (χ4n) is 1.35. The minimum atomic E-state index is 0.367. The van der Waals surface area contributed by atoms with Crippen LogP contribution in [0.5, 0.6) is 0 Å². The number of rotatable bonds is 4. The maximum absolute atomic E-state index is 5.39. The van der Waals surface area contributed by atoms with E-state index >= 15 is 0 Å². The summed E-state index contributed by atoms with van der Waals surface area (Å²) < 4.78 is 10.3. The Morgan fingerprint density at radius 2 is 2.45 bits per heavy atom. The SMILES string of the molecule is COCCN[C@@H]1CCO[C@@H]1C. The van der Waals surface area contributed by atoms with Gasteiger partial charge in [-0.3, -0.25) is 0 Å². The molecule has 0 aliphatic carbocycles. The summed E-state index contributed by atoms with van der Waals surface area (Å²) >= 11 is 0. The van der Waals surface area contributed by atoms with Crippen molar-refractivity contribution in [1.82, 2.24) is 5.32 Å². The third-order valence-corrected chi connectivity index (χ3v) is 2.09. The van der Waals surface area contributed by atoms with E-state index in [0.717, 1.165) is 26.2 Å². The summed E-state index contributed by atoms with van der Waals surface area (Å²) in [5, 5.41) is 3.38. The van der Waals surface area contributed by atoms with Crippen LogP contribution in [-0.2, 0) is 9.47 Å². The molecule has 0 spiro atoms. The number of ether oxygens (including phenoxy) is 2. The molecular formula is C8H17NO2. The lowest BCUT2D eigenvalue weighted by molar-refractivity contribution is 0.110. The van der Waals surface area contributed by atoms with Crippen LogP contribution < -0.4 is 5.32 Å². The van der Waals surface area contributed by atoms with Crippen LogP contribution in [0.2, 0.25) is 0 Å². The van der Waals surface area contributed by atoms with Crippen LogP contribution in [0.15, 0.2) is 0 Å². The van der Waals surface area contributed by atoms with Gasteiger partial charge in [0.1, 0.15) is 0 Å². The first kappa shape index (κ1) is 8.97. The van der Waals surface area contributed by atoms with Gasteiger partial charge in [0.25, 0.3) is 0 Å². The molecule has 0 saturated carbocycles. The molecule has 0 aromatic heterocycles. The van der Waals surface area contributed by atoms with Crippen molar-refractivity contribution in [1.29, 1.82) is 0 Å². The lowest BCUT2D eigenvalue weighted by Crippen LogP contribution is -2.36. The molecule has 1 aliphatic rings. The largest absolute Gasteiger partial charge is 0.383 e. The normalized spacial score (nSPS) is 31.1. The van der Waals surface area contributed by atoms with Gasteiger partial charge in [0, 0.05) is 26.3 Å². The Bertz CT molecular complexity index is 108. The highest BCUT2D eigenvalue weighted by Gasteiger charge is 2.22. The van der Waals surface area contributed by atoms with E-state index in [1.165, 1.54) is 0 Å². The molecule has 66 valence electrons. The van der Waals surface area contributed by atoms with E-state index in [4.69, 9.17) is 9.47 Å². The first-order chi connectivity index (χ1) is 5.34. The zero-order valence-electron chi connectivity index (χ0n) is 7.30. The van der Waals surface area contributed by atoms with Crippen LogP contribution in [0.3, 0.4) is 0 Å². The van der Waals surface area contributed by atoms with Gasteiger partial charge >= 0.3 is 0 Å². The number of hydrogen-bond acceptors (Lipinski definition) is 3. The highest BCUT2D eigenvalue weighted by atomic mass is 16.5. The highest BCUT2D eigenvalue weighted by molar-refractivity contribution is 4.78. The standard InChI is InChI=1S/C8H17NO2/c1-7-8(3-5-11-7)9-4-6-10-2/h7-9H,3-6H2,1-2H3/t7-,8-/m1/s1. The summed E-state index contributed by atoms with van der Waals surface area (Å²) in [6, 6.07) is 0.533. The van der Waals surface area contributed by atoms with E-state index in [1.807, 2.05) is 0 Å². The Morgan fingerprint density at radius 1 is 1.64 bits per heavy atom. The zero-order valence-corrected chi connectivity index (χ0v) is 7.30. The average molecular weight is 159 g/mol. The minimum Gasteiger partial charge on any atom is -0.383 e. The van der Waals surface area contributed by atoms with Crippen molar-refractivity contribution in [3.63, 3.8) is 0 Å². The number of methoxy groups -OCH3 is 1. The molecule has 0 bridgehead atoms. The van der Waals surface area contributed by atoms with Gasteiger partial charge in [0.2, 0.25) is 0 Å². The van der Waals surface area contributed by atoms with E-state index in [9.17, 15) is 0 Å². The summed E-state index contributed by atoms with van der Waals surface area (Å²) in [6.07, 6.45) is 1.50. The lowest BCUT2D eigenvalue weighted by Gasteiger charge is -2.15. The van der Waals surface area contributed by atoms with Crippen molar-refractivity contribution in [2.45, 2.75) is 25.5 Å². The van der Waals surface area contributed by atoms with Gasteiger partial charge in [-0.15, -0.1) is 0 Å². The molecule has 0 unspecified atom stereocenters. The van der Waals surface area contributed by atoms with E-state index < -0.39 is 0 Å². The second-order valence-corrected chi connectivity index (χ2v) is 2.92. The van der Waals surface area contributed by atoms with Crippen molar-refractivity contribution in [3.05, 3.63) is 0 Å². The fourth-order valence-corrected chi connectivity index (χ4v) is 1.35. The molecular weight excluding hydrogens is 142 g/mol. The van der Waals surface area contributed by atoms with Gasteiger partial charge in [-0.2, -0.15) is 0 Å². The van der Waals surface area contributed by atoms with Gasteiger partial charge in [-0.25, -0.2) is 0 Å². The summed E-state index contributed by atoms with van der Waals surface area (Å²) in [4.78, 5) is 0. The van der Waals surface area contributed by atoms with E-state index in [2.05, 4.69) is 12.2 Å². The maximum Gasteiger partial charge on any atom is 0.0700 e. The van der Waals surface area contributed by atoms with E-state index in [1.54, 1.807) is 7.11 Å². The van der Waals surface area contributed by atoms with Gasteiger partial charge in [0.05, 0.1) is 12.7 Å². The van der Waals surface area contributed by atoms with Crippen LogP contribution >= 0.6 is 0 Å². The third-order valence-electron chi connectivity index (χ3n) is 2.09. The summed E-state index contributed by atoms with van der Waals surface area (Å²) in [5.41, 5.74) is 0. The Balaban J connectivity index is 2.05. The van der Waals surface area contributed by atoms with Crippen LogP contribution in [0.1, 0.15) is 13.3 Å². The van der Waals surface area contributed by atoms with Crippen LogP contribution in [0.25, 0.3) is 0 Å². The summed E-state index contributed by atoms with van der Waals surface area (Å²) in [5.74, 6) is 0. The molecule has 3 nitrogen and oxygen atoms in total. The monoisotopic (exact) mass is 159 g/mol. The molecule has 2 atom stereocenters. The molecule has 1 fully saturated rings. The number of nitrogens with one attached hydrogen (secondary N) is 1. The molecule has 1 heterocycles. The van der Waals surface area contributed by atoms with Gasteiger partial charge in [-0.1, -0.05) is 0 Å². The fraction of sp³-hybridized carbons (Fsp3) is 1.00. The Hall–Kier alpha value is -0.120. The van der Waals surface area contributed by atoms with Crippen LogP contribution in [0.4, 0.5) is 0 Å². The van der Waals surface area contributed by atoms with Crippen molar-refractivity contribution in [2.75, 3.05) is 26.9 Å². The van der Waals surface area contributed by atoms with E-state index in [-0.39, 0.29) is 0 Å². The molecule has 0 radical (unpaired) electrons. The molecule has 3 heteroatoms. The average Bonchev–Trinajstić information content (AvgIpc) is 2.37. The quantitative estimate of drug-likeness (QED) is 0.602. The molecule has 1 N–H and O–H groups in total. The molecule has 1 rings (SSSR count). The zero-order chi connectivity index (χ0) is 8.10. The smallest absolute Gasteiger partial charge is 0.0700 e. The van der Waals surface area contributed by atoms with Crippen molar-refractivity contribution >= 4 is 0 Å². The first-order valence-electron chi connectivity index (χ1n) is 4.18. The predicted octanol–water partition coefficient (Wildman–Crippen LogP) is 0.400. The highest BCUT2D eigenvalue weighted by Crippen LogP contribution is 2.11. The third kappa shape index (κ3) is 2.77. The lowest BCUT2D eigenvalue weighted by atomic mass is 10.1. The molecule has 0 aromatic rings. The molecule has 1 saturated heterocycles. The predicted molar refractivity (Wildman–Crippen MR) is 43.7 cm³/mol. The minimum absolute atomic E-state index is 0.367. The van der Waals surface area contributed by atoms with Crippen LogP contribution in [0, 0.1) is 0 Å². The summed E-state index contributed by atoms with van der Waals surface area (Å²) in [7, 11) is 1.72. The van der Waals surface area contributed by atoms with Gasteiger partial charge < -0.3 is 14.8 Å². The molecule has 1 aliphatic heterocycles. The summed E-state index contributed by atoms with van der Waals surface area (Å²) in [6.45, 7) is 4.71. The molecule has 0 amide bonds. The van der Waals surface area contributed by atoms with E-state index in [0.29, 0.717) is 12.1 Å². The van der Waals surface area contributed by atoms with Crippen LogP contribution in [-0.4, -0.2) is 39.0 Å². The maximum atomic E-state index is 5.39. The van der Waals surface area contributed by atoms with Gasteiger partial charge in [-0.05, 0) is 13.3 Å². The Kier molecular flexibility index (Phi) is 3.83. The second kappa shape index (κ2) is 4.70.